The van der Waals surface area contributed by atoms with Crippen LogP contribution in [0.3, 0.4) is 0 Å². The third-order valence-electron chi connectivity index (χ3n) is 5.10. The molecule has 2 aromatic carbocycles. The summed E-state index contributed by atoms with van der Waals surface area (Å²) in [7, 11) is 0. The molecule has 9 heteroatoms. The van der Waals surface area contributed by atoms with Crippen LogP contribution < -0.4 is 15.5 Å². The van der Waals surface area contributed by atoms with Crippen LogP contribution in [0.25, 0.3) is 0 Å². The van der Waals surface area contributed by atoms with Crippen LogP contribution in [-0.4, -0.2) is 30.5 Å². The lowest BCUT2D eigenvalue weighted by molar-refractivity contribution is -0.126. The summed E-state index contributed by atoms with van der Waals surface area (Å²) >= 11 is 11.9. The summed E-state index contributed by atoms with van der Waals surface area (Å²) in [6.07, 6.45) is 9.81. The molecule has 35 heavy (non-hydrogen) atoms. The number of ether oxygens (including phenoxy) is 1. The van der Waals surface area contributed by atoms with Gasteiger partial charge in [0.15, 0.2) is 0 Å². The number of carbonyl (C=O) groups is 3. The van der Waals surface area contributed by atoms with Crippen LogP contribution in [0.5, 0.6) is 5.75 Å². The number of benzene rings is 2. The van der Waals surface area contributed by atoms with Gasteiger partial charge in [0, 0.05) is 11.4 Å². The molecule has 2 aromatic rings. The van der Waals surface area contributed by atoms with Crippen molar-refractivity contribution in [3.63, 3.8) is 0 Å². The second kappa shape index (κ2) is 15.9. The van der Waals surface area contributed by atoms with E-state index in [0.717, 1.165) is 19.3 Å². The molecule has 2 amide bonds. The van der Waals surface area contributed by atoms with Crippen molar-refractivity contribution in [3.8, 4) is 5.75 Å². The topological polar surface area (TPSA) is 96.9 Å². The van der Waals surface area contributed by atoms with Crippen LogP contribution in [0.15, 0.2) is 47.6 Å². The van der Waals surface area contributed by atoms with Gasteiger partial charge in [0.1, 0.15) is 5.75 Å². The fourth-order valence-corrected chi connectivity index (χ4v) is 3.65. The molecule has 0 aliphatic rings. The Morgan fingerprint density at radius 2 is 1.60 bits per heavy atom. The van der Waals surface area contributed by atoms with Crippen molar-refractivity contribution in [1.29, 1.82) is 0 Å². The maximum atomic E-state index is 12.3. The molecule has 0 atom stereocenters. The van der Waals surface area contributed by atoms with E-state index in [4.69, 9.17) is 27.9 Å². The molecular weight excluding hydrogens is 489 g/mol. The maximum Gasteiger partial charge on any atom is 0.345 e. The van der Waals surface area contributed by atoms with Gasteiger partial charge >= 0.3 is 5.97 Å². The molecule has 0 bridgehead atoms. The minimum atomic E-state index is -0.602. The Kier molecular flexibility index (Phi) is 12.9. The first-order valence-corrected chi connectivity index (χ1v) is 12.5. The van der Waals surface area contributed by atoms with Crippen LogP contribution in [0.2, 0.25) is 10.0 Å². The molecule has 2 rings (SSSR count). The summed E-state index contributed by atoms with van der Waals surface area (Å²) in [4.78, 5) is 35.9. The molecule has 0 saturated heterocycles. The average molecular weight is 520 g/mol. The number of halogens is 2. The molecule has 0 aliphatic carbocycles. The number of rotatable bonds is 14. The van der Waals surface area contributed by atoms with Gasteiger partial charge in [0.05, 0.1) is 23.3 Å². The highest BCUT2D eigenvalue weighted by Gasteiger charge is 2.13. The molecule has 0 unspecified atom stereocenters. The van der Waals surface area contributed by atoms with Gasteiger partial charge in [-0.25, -0.2) is 10.2 Å². The van der Waals surface area contributed by atoms with E-state index in [1.54, 1.807) is 30.3 Å². The predicted octanol–water partition coefficient (Wildman–Crippen LogP) is 5.92. The van der Waals surface area contributed by atoms with E-state index < -0.39 is 11.9 Å². The molecule has 7 nitrogen and oxygen atoms in total. The third-order valence-corrected chi connectivity index (χ3v) is 5.65. The Hall–Kier alpha value is -2.90. The zero-order valence-electron chi connectivity index (χ0n) is 19.8. The molecule has 0 aliphatic heterocycles. The van der Waals surface area contributed by atoms with Gasteiger partial charge in [0.2, 0.25) is 5.91 Å². The highest BCUT2D eigenvalue weighted by molar-refractivity contribution is 6.36. The van der Waals surface area contributed by atoms with E-state index in [-0.39, 0.29) is 23.0 Å². The number of hydrazone groups is 1. The van der Waals surface area contributed by atoms with Crippen molar-refractivity contribution >= 4 is 47.2 Å². The minimum Gasteiger partial charge on any atom is -0.423 e. The molecule has 0 fully saturated rings. The first-order chi connectivity index (χ1) is 16.9. The van der Waals surface area contributed by atoms with E-state index in [1.807, 2.05) is 0 Å². The Labute approximate surface area is 216 Å². The summed E-state index contributed by atoms with van der Waals surface area (Å²) in [5.74, 6) is -0.831. The first kappa shape index (κ1) is 28.3. The van der Waals surface area contributed by atoms with Crippen LogP contribution in [-0.2, 0) is 9.59 Å². The monoisotopic (exact) mass is 519 g/mol. The first-order valence-electron chi connectivity index (χ1n) is 11.7. The molecule has 0 saturated carbocycles. The van der Waals surface area contributed by atoms with Crippen molar-refractivity contribution in [3.05, 3.63) is 63.6 Å². The second-order valence-corrected chi connectivity index (χ2v) is 8.87. The van der Waals surface area contributed by atoms with Crippen molar-refractivity contribution < 1.29 is 19.1 Å². The molecule has 0 heterocycles. The number of unbranched alkanes of at least 4 members (excludes halogenated alkanes) is 6. The molecule has 0 radical (unpaired) electrons. The predicted molar refractivity (Wildman–Crippen MR) is 139 cm³/mol. The summed E-state index contributed by atoms with van der Waals surface area (Å²) in [5.41, 5.74) is 3.25. The van der Waals surface area contributed by atoms with Crippen molar-refractivity contribution in [1.82, 2.24) is 10.7 Å². The molecule has 0 aromatic heterocycles. The van der Waals surface area contributed by atoms with Crippen LogP contribution in [0.1, 0.15) is 74.2 Å². The number of nitrogens with zero attached hydrogens (tertiary/aromatic N) is 1. The van der Waals surface area contributed by atoms with E-state index in [1.165, 1.54) is 44.0 Å². The number of nitrogens with one attached hydrogen (secondary N) is 2. The quantitative estimate of drug-likeness (QED) is 0.106. The van der Waals surface area contributed by atoms with E-state index in [0.29, 0.717) is 22.8 Å². The van der Waals surface area contributed by atoms with Gasteiger partial charge in [0.25, 0.3) is 5.91 Å². The second-order valence-electron chi connectivity index (χ2n) is 8.02. The van der Waals surface area contributed by atoms with Gasteiger partial charge in [-0.15, -0.1) is 0 Å². The highest BCUT2D eigenvalue weighted by atomic mass is 35.5. The van der Waals surface area contributed by atoms with Gasteiger partial charge < -0.3 is 10.1 Å². The number of esters is 1. The fourth-order valence-electron chi connectivity index (χ4n) is 3.17. The average Bonchev–Trinajstić information content (AvgIpc) is 2.83. The Morgan fingerprint density at radius 1 is 0.914 bits per heavy atom. The molecule has 188 valence electrons. The highest BCUT2D eigenvalue weighted by Crippen LogP contribution is 2.23. The lowest BCUT2D eigenvalue weighted by Crippen LogP contribution is -2.34. The number of hydrogen-bond acceptors (Lipinski definition) is 5. The smallest absolute Gasteiger partial charge is 0.345 e. The number of amides is 2. The van der Waals surface area contributed by atoms with Crippen LogP contribution >= 0.6 is 23.2 Å². The molecule has 2 N–H and O–H groups in total. The Morgan fingerprint density at radius 3 is 2.29 bits per heavy atom. The van der Waals surface area contributed by atoms with E-state index >= 15 is 0 Å². The minimum absolute atomic E-state index is 0.130. The van der Waals surface area contributed by atoms with Gasteiger partial charge in [-0.3, -0.25) is 9.59 Å². The van der Waals surface area contributed by atoms with Crippen molar-refractivity contribution in [2.45, 2.75) is 58.3 Å². The Bertz CT molecular complexity index is 1010. The van der Waals surface area contributed by atoms with Crippen LogP contribution in [0.4, 0.5) is 0 Å². The van der Waals surface area contributed by atoms with Crippen molar-refractivity contribution in [2.24, 2.45) is 5.10 Å². The number of carbonyl (C=O) groups excluding carboxylic acids is 3. The zero-order chi connectivity index (χ0) is 25.5. The van der Waals surface area contributed by atoms with Gasteiger partial charge in [-0.1, -0.05) is 68.7 Å². The SMILES string of the molecule is CCCCCCCCCC(=O)NCC(=O)N/N=C/c1ccc(OC(=O)c2ccc(Cl)cc2Cl)cc1. The summed E-state index contributed by atoms with van der Waals surface area (Å²) in [5, 5.41) is 7.10. The largest absolute Gasteiger partial charge is 0.423 e. The normalized spacial score (nSPS) is 10.8. The zero-order valence-corrected chi connectivity index (χ0v) is 21.3. The van der Waals surface area contributed by atoms with Crippen LogP contribution in [0, 0.1) is 0 Å². The van der Waals surface area contributed by atoms with Crippen molar-refractivity contribution in [2.75, 3.05) is 6.54 Å². The Balaban J connectivity index is 1.66. The standard InChI is InChI=1S/C26H31Cl2N3O4/c1-2-3-4-5-6-7-8-9-24(32)29-18-25(33)31-30-17-19-10-13-21(14-11-19)35-26(34)22-15-12-20(27)16-23(22)28/h10-17H,2-9,18H2,1H3,(H,29,32)(H,31,33)/b30-17+. The summed E-state index contributed by atoms with van der Waals surface area (Å²) < 4.78 is 5.31. The molecule has 0 spiro atoms. The third kappa shape index (κ3) is 11.4. The summed E-state index contributed by atoms with van der Waals surface area (Å²) in [6, 6.07) is 11.0. The molecular formula is C26H31Cl2N3O4. The van der Waals surface area contributed by atoms with E-state index in [9.17, 15) is 14.4 Å². The van der Waals surface area contributed by atoms with E-state index in [2.05, 4.69) is 22.8 Å². The lowest BCUT2D eigenvalue weighted by atomic mass is 10.1. The van der Waals surface area contributed by atoms with Gasteiger partial charge in [-0.05, 0) is 54.4 Å². The number of hydrogen-bond donors (Lipinski definition) is 2. The lowest BCUT2D eigenvalue weighted by Gasteiger charge is -2.06. The van der Waals surface area contributed by atoms with Gasteiger partial charge in [-0.2, -0.15) is 5.10 Å². The summed E-state index contributed by atoms with van der Waals surface area (Å²) in [6.45, 7) is 2.06. The fraction of sp³-hybridized carbons (Fsp3) is 0.385. The maximum absolute atomic E-state index is 12.3.